The van der Waals surface area contributed by atoms with Gasteiger partial charge >= 0.3 is 12.1 Å². The molecule has 2 atom stereocenters. The number of hydrogen-bond donors (Lipinski definition) is 1. The number of halogens is 3. The fourth-order valence-electron chi connectivity index (χ4n) is 2.54. The summed E-state index contributed by atoms with van der Waals surface area (Å²) in [6, 6.07) is 6.06. The lowest BCUT2D eigenvalue weighted by molar-refractivity contribution is -0.183. The minimum absolute atomic E-state index is 0.106. The Balaban J connectivity index is 2.21. The van der Waals surface area contributed by atoms with Crippen LogP contribution >= 0.6 is 0 Å². The van der Waals surface area contributed by atoms with E-state index in [1.54, 1.807) is 12.1 Å². The molecular weight excluding hydrogens is 285 g/mol. The molecule has 2 rings (SSSR count). The van der Waals surface area contributed by atoms with Crippen LogP contribution in [0.1, 0.15) is 42.7 Å². The zero-order valence-corrected chi connectivity index (χ0v) is 11.4. The molecule has 1 fully saturated rings. The van der Waals surface area contributed by atoms with Crippen LogP contribution in [0.5, 0.6) is 0 Å². The summed E-state index contributed by atoms with van der Waals surface area (Å²) in [4.78, 5) is 22.1. The van der Waals surface area contributed by atoms with Gasteiger partial charge in [0.05, 0.1) is 11.8 Å². The van der Waals surface area contributed by atoms with Gasteiger partial charge in [0.2, 0.25) is 0 Å². The maximum Gasteiger partial charge on any atom is 0.392 e. The Morgan fingerprint density at radius 1 is 1.24 bits per heavy atom. The highest BCUT2D eigenvalue weighted by Gasteiger charge is 2.45. The van der Waals surface area contributed by atoms with Crippen LogP contribution in [-0.2, 0) is 9.59 Å². The van der Waals surface area contributed by atoms with Crippen LogP contribution in [0.25, 0.3) is 0 Å². The number of benzene rings is 1. The standard InChI is InChI=1S/C15H15F3O3/c1-8(15(16,17)18)13(14(20)21)10-4-2-9(3-5-10)11-6-12(19)7-11/h2-5,8,11,13H,6-7H2,1H3,(H,20,21)/t8-,13?/m1/s1. The molecule has 1 aliphatic rings. The van der Waals surface area contributed by atoms with E-state index in [2.05, 4.69) is 0 Å². The summed E-state index contributed by atoms with van der Waals surface area (Å²) < 4.78 is 38.3. The second-order valence-electron chi connectivity index (χ2n) is 5.46. The minimum Gasteiger partial charge on any atom is -0.481 e. The lowest BCUT2D eigenvalue weighted by Crippen LogP contribution is -2.31. The monoisotopic (exact) mass is 300 g/mol. The lowest BCUT2D eigenvalue weighted by Gasteiger charge is -2.26. The van der Waals surface area contributed by atoms with Crippen LogP contribution in [-0.4, -0.2) is 23.0 Å². The van der Waals surface area contributed by atoms with Crippen molar-refractivity contribution in [1.29, 1.82) is 0 Å². The predicted octanol–water partition coefficient (Wildman–Crippen LogP) is 3.50. The number of rotatable bonds is 4. The van der Waals surface area contributed by atoms with Crippen LogP contribution in [0.3, 0.4) is 0 Å². The molecule has 0 saturated heterocycles. The quantitative estimate of drug-likeness (QED) is 0.926. The van der Waals surface area contributed by atoms with Gasteiger partial charge in [0.1, 0.15) is 5.78 Å². The van der Waals surface area contributed by atoms with Gasteiger partial charge in [-0.05, 0) is 17.0 Å². The Morgan fingerprint density at radius 2 is 1.76 bits per heavy atom. The average Bonchev–Trinajstić information content (AvgIpc) is 2.35. The van der Waals surface area contributed by atoms with Crippen molar-refractivity contribution in [2.75, 3.05) is 0 Å². The van der Waals surface area contributed by atoms with E-state index in [0.717, 1.165) is 12.5 Å². The lowest BCUT2D eigenvalue weighted by atomic mass is 9.78. The number of carbonyl (C=O) groups excluding carboxylic acids is 1. The molecule has 3 nitrogen and oxygen atoms in total. The Bertz CT molecular complexity index is 540. The van der Waals surface area contributed by atoms with Crippen molar-refractivity contribution in [3.8, 4) is 0 Å². The number of alkyl halides is 3. The normalized spacial score (nSPS) is 19.0. The van der Waals surface area contributed by atoms with Gasteiger partial charge in [0.25, 0.3) is 0 Å². The van der Waals surface area contributed by atoms with Crippen molar-refractivity contribution in [3.05, 3.63) is 35.4 Å². The summed E-state index contributed by atoms with van der Waals surface area (Å²) in [5, 5.41) is 9.09. The van der Waals surface area contributed by atoms with Crippen LogP contribution in [0.4, 0.5) is 13.2 Å². The Morgan fingerprint density at radius 3 is 2.14 bits per heavy atom. The van der Waals surface area contributed by atoms with Crippen molar-refractivity contribution in [3.63, 3.8) is 0 Å². The number of hydrogen-bond acceptors (Lipinski definition) is 2. The van der Waals surface area contributed by atoms with Gasteiger partial charge in [0.15, 0.2) is 0 Å². The predicted molar refractivity (Wildman–Crippen MR) is 69.0 cm³/mol. The van der Waals surface area contributed by atoms with E-state index in [0.29, 0.717) is 12.8 Å². The SMILES string of the molecule is C[C@H](C(C(=O)O)c1ccc(C2CC(=O)C2)cc1)C(F)(F)F. The molecule has 1 N–H and O–H groups in total. The summed E-state index contributed by atoms with van der Waals surface area (Å²) in [5.74, 6) is -4.81. The smallest absolute Gasteiger partial charge is 0.392 e. The summed E-state index contributed by atoms with van der Waals surface area (Å²) >= 11 is 0. The molecule has 0 aromatic heterocycles. The maximum absolute atomic E-state index is 12.8. The fourth-order valence-corrected chi connectivity index (χ4v) is 2.54. The highest BCUT2D eigenvalue weighted by Crippen LogP contribution is 2.39. The molecule has 0 aliphatic heterocycles. The maximum atomic E-state index is 12.8. The van der Waals surface area contributed by atoms with Gasteiger partial charge in [0, 0.05) is 12.8 Å². The molecule has 0 spiro atoms. The third-order valence-corrected chi connectivity index (χ3v) is 4.00. The molecule has 6 heteroatoms. The first-order valence-electron chi connectivity index (χ1n) is 6.61. The molecule has 1 aromatic carbocycles. The third kappa shape index (κ3) is 3.25. The van der Waals surface area contributed by atoms with E-state index < -0.39 is 24.0 Å². The first kappa shape index (κ1) is 15.5. The number of aliphatic carboxylic acids is 1. The number of carboxylic acid groups (broad SMARTS) is 1. The Kier molecular flexibility index (Phi) is 4.07. The second kappa shape index (κ2) is 5.50. The van der Waals surface area contributed by atoms with E-state index in [1.807, 2.05) is 0 Å². The van der Waals surface area contributed by atoms with Crippen LogP contribution in [0, 0.1) is 5.92 Å². The molecule has 0 bridgehead atoms. The highest BCUT2D eigenvalue weighted by atomic mass is 19.4. The molecule has 1 unspecified atom stereocenters. The Hall–Kier alpha value is -1.85. The zero-order valence-electron chi connectivity index (χ0n) is 11.4. The molecule has 1 saturated carbocycles. The highest BCUT2D eigenvalue weighted by molar-refractivity contribution is 5.86. The van der Waals surface area contributed by atoms with E-state index >= 15 is 0 Å². The van der Waals surface area contributed by atoms with Crippen molar-refractivity contribution in [2.45, 2.75) is 37.8 Å². The van der Waals surface area contributed by atoms with Crippen molar-refractivity contribution in [1.82, 2.24) is 0 Å². The van der Waals surface area contributed by atoms with Gasteiger partial charge < -0.3 is 5.11 Å². The first-order valence-corrected chi connectivity index (χ1v) is 6.61. The minimum atomic E-state index is -4.57. The van der Waals surface area contributed by atoms with Gasteiger partial charge in [-0.25, -0.2) is 0 Å². The van der Waals surface area contributed by atoms with E-state index in [4.69, 9.17) is 5.11 Å². The van der Waals surface area contributed by atoms with Crippen molar-refractivity contribution in [2.24, 2.45) is 5.92 Å². The summed E-state index contributed by atoms with van der Waals surface area (Å²) in [5.41, 5.74) is 0.990. The van der Waals surface area contributed by atoms with E-state index in [9.17, 15) is 22.8 Å². The summed E-state index contributed by atoms with van der Waals surface area (Å²) in [7, 11) is 0. The van der Waals surface area contributed by atoms with Crippen molar-refractivity contribution >= 4 is 11.8 Å². The van der Waals surface area contributed by atoms with Gasteiger partial charge in [-0.15, -0.1) is 0 Å². The zero-order chi connectivity index (χ0) is 15.8. The second-order valence-corrected chi connectivity index (χ2v) is 5.46. The van der Waals surface area contributed by atoms with Gasteiger partial charge in [-0.3, -0.25) is 9.59 Å². The molecule has 1 aromatic rings. The number of Topliss-reactive ketones (excluding diaryl/α,β-unsaturated/α-hetero) is 1. The number of ketones is 1. The molecule has 1 aliphatic carbocycles. The summed E-state index contributed by atoms with van der Waals surface area (Å²) in [6.45, 7) is 0.872. The number of carbonyl (C=O) groups is 2. The molecular formula is C15H15F3O3. The number of carboxylic acids is 1. The topological polar surface area (TPSA) is 54.4 Å². The first-order chi connectivity index (χ1) is 9.70. The van der Waals surface area contributed by atoms with E-state index in [1.165, 1.54) is 12.1 Å². The van der Waals surface area contributed by atoms with E-state index in [-0.39, 0.29) is 17.3 Å². The van der Waals surface area contributed by atoms with Gasteiger partial charge in [-0.1, -0.05) is 31.2 Å². The van der Waals surface area contributed by atoms with Crippen LogP contribution in [0.2, 0.25) is 0 Å². The fraction of sp³-hybridized carbons (Fsp3) is 0.467. The van der Waals surface area contributed by atoms with Crippen LogP contribution < -0.4 is 0 Å². The molecule has 21 heavy (non-hydrogen) atoms. The largest absolute Gasteiger partial charge is 0.481 e. The molecule has 0 amide bonds. The average molecular weight is 300 g/mol. The molecule has 114 valence electrons. The van der Waals surface area contributed by atoms with Crippen LogP contribution in [0.15, 0.2) is 24.3 Å². The summed E-state index contributed by atoms with van der Waals surface area (Å²) in [6.07, 6.45) is -3.68. The molecule has 0 heterocycles. The molecule has 0 radical (unpaired) electrons. The Labute approximate surface area is 119 Å². The van der Waals surface area contributed by atoms with Crippen molar-refractivity contribution < 1.29 is 27.9 Å². The third-order valence-electron chi connectivity index (χ3n) is 4.00. The van der Waals surface area contributed by atoms with Gasteiger partial charge in [-0.2, -0.15) is 13.2 Å².